The molecular weight excluding hydrogens is 582 g/mol. The summed E-state index contributed by atoms with van der Waals surface area (Å²) in [4.78, 5) is 69.7. The number of nitrogens with zero attached hydrogens (tertiary/aromatic N) is 1. The average Bonchev–Trinajstić information content (AvgIpc) is 3.31. The quantitative estimate of drug-likeness (QED) is 0.280. The molecule has 232 valence electrons. The van der Waals surface area contributed by atoms with E-state index >= 15 is 0 Å². The number of carbonyl (C=O) groups is 5. The summed E-state index contributed by atoms with van der Waals surface area (Å²) >= 11 is 0. The third-order valence-electron chi connectivity index (χ3n) is 10.5. The standard InChI is InChI=1S/C38H33NO7/c40-30-15-8-7-14-25(30)34-24-17-18-26-33(37(46)39(36(26)45)19-9-16-32(42)43)28(24)20-29-35(44)27(22-10-3-1-4-11-22)21-31(41)38(29,34)23-12-5-2-6-13-23/h1-8,10-15,17,21,26,28-29,33-34,40H,9,16,18-20H2,(H,42,43). The van der Waals surface area contributed by atoms with Crippen LogP contribution >= 0.6 is 0 Å². The van der Waals surface area contributed by atoms with E-state index < -0.39 is 41.0 Å². The van der Waals surface area contributed by atoms with E-state index in [-0.39, 0.29) is 61.4 Å². The minimum absolute atomic E-state index is 0.0115. The zero-order valence-corrected chi connectivity index (χ0v) is 25.0. The van der Waals surface area contributed by atoms with E-state index in [2.05, 4.69) is 0 Å². The molecule has 2 N–H and O–H groups in total. The van der Waals surface area contributed by atoms with Gasteiger partial charge < -0.3 is 10.2 Å². The maximum Gasteiger partial charge on any atom is 0.303 e. The molecule has 3 aromatic rings. The number of phenolic OH excluding ortho intramolecular Hbond substituents is 1. The molecule has 2 amide bonds. The lowest BCUT2D eigenvalue weighted by atomic mass is 9.44. The predicted octanol–water partition coefficient (Wildman–Crippen LogP) is 5.08. The SMILES string of the molecule is O=C(O)CCCN1C(=O)C2CC=C3C(CC4C(=O)C(c5ccccc5)=CC(=O)C4(c4ccccc4)C3c3ccccc3O)C2C1=O. The number of carboxylic acid groups (broad SMARTS) is 1. The van der Waals surface area contributed by atoms with E-state index in [1.807, 2.05) is 54.6 Å². The lowest BCUT2D eigenvalue weighted by Crippen LogP contribution is -2.58. The lowest BCUT2D eigenvalue weighted by molar-refractivity contribution is -0.142. The highest BCUT2D eigenvalue weighted by Crippen LogP contribution is 2.64. The van der Waals surface area contributed by atoms with Gasteiger partial charge in [-0.3, -0.25) is 28.9 Å². The number of benzene rings is 3. The Morgan fingerprint density at radius 1 is 0.848 bits per heavy atom. The number of Topliss-reactive ketones (excluding diaryl/α,β-unsaturated/α-hetero) is 1. The number of ketones is 2. The van der Waals surface area contributed by atoms with Gasteiger partial charge in [-0.25, -0.2) is 0 Å². The lowest BCUT2D eigenvalue weighted by Gasteiger charge is -2.55. The minimum Gasteiger partial charge on any atom is -0.508 e. The molecule has 0 spiro atoms. The molecule has 0 bridgehead atoms. The molecule has 1 saturated heterocycles. The molecule has 4 aliphatic rings. The van der Waals surface area contributed by atoms with E-state index in [1.165, 1.54) is 11.0 Å². The summed E-state index contributed by atoms with van der Waals surface area (Å²) in [6.07, 6.45) is 3.82. The fourth-order valence-electron chi connectivity index (χ4n) is 8.62. The van der Waals surface area contributed by atoms with E-state index in [4.69, 9.17) is 5.11 Å². The Balaban J connectivity index is 1.43. The second-order valence-corrected chi connectivity index (χ2v) is 12.7. The summed E-state index contributed by atoms with van der Waals surface area (Å²) in [6.45, 7) is 0.0115. The Bertz CT molecular complexity index is 1830. The highest BCUT2D eigenvalue weighted by atomic mass is 16.4. The van der Waals surface area contributed by atoms with Crippen LogP contribution in [0.5, 0.6) is 5.75 Å². The number of phenols is 1. The smallest absolute Gasteiger partial charge is 0.303 e. The summed E-state index contributed by atoms with van der Waals surface area (Å²) in [6, 6.07) is 25.1. The van der Waals surface area contributed by atoms with Crippen LogP contribution in [0, 0.1) is 23.7 Å². The maximum atomic E-state index is 14.9. The summed E-state index contributed by atoms with van der Waals surface area (Å²) < 4.78 is 0. The number of imide groups is 1. The van der Waals surface area contributed by atoms with Gasteiger partial charge >= 0.3 is 5.97 Å². The fraction of sp³-hybridized carbons (Fsp3) is 0.289. The molecule has 46 heavy (non-hydrogen) atoms. The highest BCUT2D eigenvalue weighted by molar-refractivity contribution is 6.31. The number of para-hydroxylation sites is 1. The normalized spacial score (nSPS) is 28.6. The van der Waals surface area contributed by atoms with Crippen molar-refractivity contribution in [2.45, 2.75) is 37.0 Å². The van der Waals surface area contributed by atoms with Crippen LogP contribution < -0.4 is 0 Å². The molecule has 1 heterocycles. The van der Waals surface area contributed by atoms with E-state index in [0.717, 1.165) is 5.57 Å². The van der Waals surface area contributed by atoms with Gasteiger partial charge in [-0.2, -0.15) is 0 Å². The molecule has 1 saturated carbocycles. The van der Waals surface area contributed by atoms with Crippen LogP contribution in [0.3, 0.4) is 0 Å². The molecule has 6 unspecified atom stereocenters. The Morgan fingerprint density at radius 3 is 2.22 bits per heavy atom. The van der Waals surface area contributed by atoms with Crippen molar-refractivity contribution >= 4 is 34.9 Å². The second kappa shape index (κ2) is 11.4. The number of aromatic hydroxyl groups is 1. The molecule has 1 aliphatic heterocycles. The molecule has 6 atom stereocenters. The number of amides is 2. The molecular formula is C38H33NO7. The Kier molecular flexibility index (Phi) is 7.31. The van der Waals surface area contributed by atoms with Gasteiger partial charge in [-0.1, -0.05) is 90.5 Å². The number of carbonyl (C=O) groups excluding carboxylic acids is 4. The molecule has 3 aromatic carbocycles. The zero-order chi connectivity index (χ0) is 32.2. The van der Waals surface area contributed by atoms with Crippen molar-refractivity contribution in [3.63, 3.8) is 0 Å². The van der Waals surface area contributed by atoms with Gasteiger partial charge in [0.1, 0.15) is 5.75 Å². The number of carboxylic acids is 1. The van der Waals surface area contributed by atoms with Crippen molar-refractivity contribution < 1.29 is 34.2 Å². The van der Waals surface area contributed by atoms with Crippen molar-refractivity contribution in [2.24, 2.45) is 23.7 Å². The number of aliphatic carboxylic acids is 1. The third kappa shape index (κ3) is 4.38. The van der Waals surface area contributed by atoms with Gasteiger partial charge in [0.05, 0.1) is 17.3 Å². The summed E-state index contributed by atoms with van der Waals surface area (Å²) in [7, 11) is 0. The molecule has 7 rings (SSSR count). The Morgan fingerprint density at radius 2 is 1.52 bits per heavy atom. The number of allylic oxidation sites excluding steroid dienone is 4. The van der Waals surface area contributed by atoms with Crippen LogP contribution in [-0.2, 0) is 29.4 Å². The predicted molar refractivity (Wildman–Crippen MR) is 168 cm³/mol. The molecule has 2 fully saturated rings. The number of likely N-dealkylation sites (tertiary alicyclic amines) is 1. The Labute approximate surface area is 266 Å². The summed E-state index contributed by atoms with van der Waals surface area (Å²) in [5.41, 5.74) is 1.44. The van der Waals surface area contributed by atoms with Crippen LogP contribution in [-0.4, -0.2) is 51.0 Å². The van der Waals surface area contributed by atoms with Crippen molar-refractivity contribution in [2.75, 3.05) is 6.54 Å². The van der Waals surface area contributed by atoms with Gasteiger partial charge in [0, 0.05) is 35.9 Å². The van der Waals surface area contributed by atoms with Crippen LogP contribution in [0.2, 0.25) is 0 Å². The summed E-state index contributed by atoms with van der Waals surface area (Å²) in [5.74, 6) is -5.80. The zero-order valence-electron chi connectivity index (χ0n) is 25.0. The van der Waals surface area contributed by atoms with E-state index in [1.54, 1.807) is 36.4 Å². The molecule has 0 aromatic heterocycles. The topological polar surface area (TPSA) is 129 Å². The number of fused-ring (bicyclic) bond motifs is 4. The monoisotopic (exact) mass is 615 g/mol. The summed E-state index contributed by atoms with van der Waals surface area (Å²) in [5, 5.41) is 20.5. The minimum atomic E-state index is -1.41. The molecule has 8 heteroatoms. The molecule has 0 radical (unpaired) electrons. The van der Waals surface area contributed by atoms with Crippen molar-refractivity contribution in [1.29, 1.82) is 0 Å². The van der Waals surface area contributed by atoms with Gasteiger partial charge in [-0.05, 0) is 48.4 Å². The van der Waals surface area contributed by atoms with E-state index in [0.29, 0.717) is 22.3 Å². The number of hydrogen-bond acceptors (Lipinski definition) is 6. The second-order valence-electron chi connectivity index (χ2n) is 12.7. The van der Waals surface area contributed by atoms with Gasteiger partial charge in [0.15, 0.2) is 11.6 Å². The van der Waals surface area contributed by atoms with Gasteiger partial charge in [0.25, 0.3) is 0 Å². The number of rotatable bonds is 7. The highest BCUT2D eigenvalue weighted by Gasteiger charge is 2.66. The van der Waals surface area contributed by atoms with Crippen LogP contribution in [0.1, 0.15) is 48.3 Å². The fourth-order valence-corrected chi connectivity index (χ4v) is 8.62. The first kappa shape index (κ1) is 29.6. The van der Waals surface area contributed by atoms with Crippen LogP contribution in [0.15, 0.2) is 103 Å². The van der Waals surface area contributed by atoms with Crippen LogP contribution in [0.4, 0.5) is 0 Å². The van der Waals surface area contributed by atoms with Crippen molar-refractivity contribution in [3.05, 3.63) is 119 Å². The third-order valence-corrected chi connectivity index (χ3v) is 10.5. The first-order valence-electron chi connectivity index (χ1n) is 15.7. The largest absolute Gasteiger partial charge is 0.508 e. The van der Waals surface area contributed by atoms with Crippen molar-refractivity contribution in [3.8, 4) is 5.75 Å². The Hall–Kier alpha value is -5.11. The number of hydrogen-bond donors (Lipinski definition) is 2. The van der Waals surface area contributed by atoms with Crippen molar-refractivity contribution in [1.82, 2.24) is 4.90 Å². The van der Waals surface area contributed by atoms with Gasteiger partial charge in [0.2, 0.25) is 11.8 Å². The first-order valence-corrected chi connectivity index (χ1v) is 15.7. The average molecular weight is 616 g/mol. The molecule has 8 nitrogen and oxygen atoms in total. The maximum absolute atomic E-state index is 14.9. The first-order chi connectivity index (χ1) is 22.2. The van der Waals surface area contributed by atoms with E-state index in [9.17, 15) is 29.1 Å². The van der Waals surface area contributed by atoms with Gasteiger partial charge in [-0.15, -0.1) is 0 Å². The molecule has 3 aliphatic carbocycles. The van der Waals surface area contributed by atoms with Crippen LogP contribution in [0.25, 0.3) is 5.57 Å².